The number of imide groups is 1. The molecule has 216 valence electrons. The first-order chi connectivity index (χ1) is 20.4. The molecule has 2 unspecified atom stereocenters. The molecule has 2 aliphatic heterocycles. The van der Waals surface area contributed by atoms with Crippen molar-refractivity contribution in [3.63, 3.8) is 0 Å². The van der Waals surface area contributed by atoms with Gasteiger partial charge in [-0.25, -0.2) is 4.79 Å². The summed E-state index contributed by atoms with van der Waals surface area (Å²) in [6.07, 6.45) is 8.65. The molecule has 0 bridgehead atoms. The van der Waals surface area contributed by atoms with Gasteiger partial charge in [-0.05, 0) is 72.3 Å². The molecule has 2 N–H and O–H groups in total. The number of urea groups is 1. The minimum atomic E-state index is -1.16. The Morgan fingerprint density at radius 1 is 1.00 bits per heavy atom. The molecule has 10 heteroatoms. The number of nitrogens with zero attached hydrogens (tertiary/aromatic N) is 4. The second-order valence-electron chi connectivity index (χ2n) is 11.9. The van der Waals surface area contributed by atoms with Gasteiger partial charge in [0, 0.05) is 31.4 Å². The van der Waals surface area contributed by atoms with E-state index in [4.69, 9.17) is 0 Å². The molecule has 5 amide bonds. The average molecular weight is 567 g/mol. The molecular formula is C32H34N6O4. The van der Waals surface area contributed by atoms with Crippen LogP contribution < -0.4 is 10.6 Å². The van der Waals surface area contributed by atoms with Crippen LogP contribution in [0.2, 0.25) is 0 Å². The van der Waals surface area contributed by atoms with Gasteiger partial charge in [-0.1, -0.05) is 42.5 Å². The van der Waals surface area contributed by atoms with Crippen LogP contribution >= 0.6 is 0 Å². The van der Waals surface area contributed by atoms with Gasteiger partial charge in [-0.3, -0.25) is 24.0 Å². The van der Waals surface area contributed by atoms with Crippen molar-refractivity contribution in [3.8, 4) is 11.1 Å². The number of amides is 5. The Labute approximate surface area is 244 Å². The normalized spacial score (nSPS) is 23.0. The van der Waals surface area contributed by atoms with Crippen LogP contribution in [0.3, 0.4) is 0 Å². The third kappa shape index (κ3) is 4.45. The molecule has 2 atom stereocenters. The minimum Gasteiger partial charge on any atom is -0.358 e. The summed E-state index contributed by atoms with van der Waals surface area (Å²) in [6.45, 7) is 0.386. The van der Waals surface area contributed by atoms with Gasteiger partial charge >= 0.3 is 6.03 Å². The first-order valence-electron chi connectivity index (χ1n) is 14.7. The zero-order valence-electron chi connectivity index (χ0n) is 23.6. The van der Waals surface area contributed by atoms with Crippen molar-refractivity contribution in [1.29, 1.82) is 0 Å². The van der Waals surface area contributed by atoms with E-state index in [-0.39, 0.29) is 36.9 Å². The molecule has 2 aliphatic carbocycles. The lowest BCUT2D eigenvalue weighted by Gasteiger charge is -2.31. The largest absolute Gasteiger partial charge is 0.358 e. The van der Waals surface area contributed by atoms with E-state index in [1.54, 1.807) is 17.9 Å². The molecule has 3 aromatic rings. The van der Waals surface area contributed by atoms with Crippen LogP contribution in [0.4, 0.5) is 4.79 Å². The Morgan fingerprint density at radius 2 is 1.81 bits per heavy atom. The number of rotatable bonds is 6. The van der Waals surface area contributed by atoms with Gasteiger partial charge in [0.2, 0.25) is 11.8 Å². The summed E-state index contributed by atoms with van der Waals surface area (Å²) in [5.41, 5.74) is 4.79. The van der Waals surface area contributed by atoms with Crippen LogP contribution in [-0.4, -0.2) is 63.0 Å². The maximum absolute atomic E-state index is 13.9. The number of carbonyl (C=O) groups excluding carboxylic acids is 4. The van der Waals surface area contributed by atoms with Crippen molar-refractivity contribution >= 4 is 23.8 Å². The van der Waals surface area contributed by atoms with Crippen molar-refractivity contribution in [1.82, 2.24) is 30.2 Å². The maximum Gasteiger partial charge on any atom is 0.325 e. The van der Waals surface area contributed by atoms with Crippen LogP contribution in [0, 0.1) is 5.92 Å². The Balaban J connectivity index is 1.10. The maximum atomic E-state index is 13.9. The Kier molecular flexibility index (Phi) is 6.36. The smallest absolute Gasteiger partial charge is 0.325 e. The SMILES string of the molecule is CNC(=O)Cn1cc(-c2ccc3c(c2)CCC32NC(=O)N(CC(=O)N3Cc4ccccc4CCC3C3CC3)C2=O)cn1. The number of hydrogen-bond acceptors (Lipinski definition) is 5. The quantitative estimate of drug-likeness (QED) is 0.445. The van der Waals surface area contributed by atoms with Crippen LogP contribution in [0.5, 0.6) is 0 Å². The number of carbonyl (C=O) groups is 4. The molecule has 2 aromatic carbocycles. The van der Waals surface area contributed by atoms with E-state index in [9.17, 15) is 19.2 Å². The van der Waals surface area contributed by atoms with Crippen LogP contribution in [0.15, 0.2) is 54.9 Å². The van der Waals surface area contributed by atoms with E-state index in [0.717, 1.165) is 58.4 Å². The van der Waals surface area contributed by atoms with E-state index in [2.05, 4.69) is 27.9 Å². The predicted molar refractivity (Wildman–Crippen MR) is 154 cm³/mol. The number of likely N-dealkylation sites (N-methyl/N-ethyl adjacent to an activating group) is 1. The summed E-state index contributed by atoms with van der Waals surface area (Å²) in [7, 11) is 1.59. The highest BCUT2D eigenvalue weighted by Crippen LogP contribution is 2.43. The summed E-state index contributed by atoms with van der Waals surface area (Å²) in [6, 6.07) is 13.7. The molecule has 1 saturated carbocycles. The molecule has 1 saturated heterocycles. The van der Waals surface area contributed by atoms with Gasteiger partial charge in [0.1, 0.15) is 18.6 Å². The monoisotopic (exact) mass is 566 g/mol. The molecule has 0 radical (unpaired) electrons. The van der Waals surface area contributed by atoms with E-state index < -0.39 is 11.6 Å². The summed E-state index contributed by atoms with van der Waals surface area (Å²) < 4.78 is 1.58. The molecule has 4 aliphatic rings. The van der Waals surface area contributed by atoms with Gasteiger partial charge in [0.05, 0.1) is 6.20 Å². The molecule has 10 nitrogen and oxygen atoms in total. The Hall–Kier alpha value is -4.47. The fourth-order valence-electron chi connectivity index (χ4n) is 6.99. The third-order valence-corrected chi connectivity index (χ3v) is 9.41. The van der Waals surface area contributed by atoms with E-state index in [1.165, 1.54) is 5.56 Å². The van der Waals surface area contributed by atoms with Crippen LogP contribution in [-0.2, 0) is 45.9 Å². The number of nitrogens with one attached hydrogen (secondary N) is 2. The van der Waals surface area contributed by atoms with Gasteiger partial charge in [-0.15, -0.1) is 0 Å². The van der Waals surface area contributed by atoms with Crippen LogP contribution in [0.25, 0.3) is 11.1 Å². The lowest BCUT2D eigenvalue weighted by Crippen LogP contribution is -2.48. The van der Waals surface area contributed by atoms with Crippen molar-refractivity contribution in [2.45, 2.75) is 63.2 Å². The van der Waals surface area contributed by atoms with E-state index in [0.29, 0.717) is 25.3 Å². The molecule has 42 heavy (non-hydrogen) atoms. The van der Waals surface area contributed by atoms with Crippen molar-refractivity contribution in [2.24, 2.45) is 5.92 Å². The fraction of sp³-hybridized carbons (Fsp3) is 0.406. The highest BCUT2D eigenvalue weighted by atomic mass is 16.2. The standard InChI is InChI=1S/C32H34N6O4/c1-33-28(39)18-36-16-25(15-34-36)22-8-10-26-23(14-22)12-13-32(26)30(41)38(31(42)35-32)19-29(40)37-17-24-5-3-2-4-20(24)9-11-27(37)21-6-7-21/h2-5,8,10,14-16,21,27H,6-7,9,11-13,17-19H2,1H3,(H,33,39)(H,35,42). The fourth-order valence-corrected chi connectivity index (χ4v) is 6.99. The lowest BCUT2D eigenvalue weighted by molar-refractivity contribution is -0.141. The van der Waals surface area contributed by atoms with Gasteiger partial charge in [0.15, 0.2) is 0 Å². The molecule has 3 heterocycles. The molecule has 2 fully saturated rings. The lowest BCUT2D eigenvalue weighted by atomic mass is 9.90. The van der Waals surface area contributed by atoms with Crippen molar-refractivity contribution < 1.29 is 19.2 Å². The van der Waals surface area contributed by atoms with E-state index >= 15 is 0 Å². The summed E-state index contributed by atoms with van der Waals surface area (Å²) >= 11 is 0. The number of aromatic nitrogens is 2. The number of hydrogen-bond donors (Lipinski definition) is 2. The highest BCUT2D eigenvalue weighted by molar-refractivity contribution is 6.10. The first-order valence-corrected chi connectivity index (χ1v) is 14.7. The molecule has 1 aromatic heterocycles. The predicted octanol–water partition coefficient (Wildman–Crippen LogP) is 2.74. The van der Waals surface area contributed by atoms with Gasteiger partial charge < -0.3 is 15.5 Å². The number of aryl methyl sites for hydroxylation is 2. The number of benzene rings is 2. The zero-order chi connectivity index (χ0) is 29.0. The topological polar surface area (TPSA) is 117 Å². The highest BCUT2D eigenvalue weighted by Gasteiger charge is 2.56. The average Bonchev–Trinajstić information content (AvgIpc) is 3.61. The van der Waals surface area contributed by atoms with Crippen molar-refractivity contribution in [2.75, 3.05) is 13.6 Å². The second kappa shape index (κ2) is 10.1. The van der Waals surface area contributed by atoms with Crippen LogP contribution in [0.1, 0.15) is 47.9 Å². The first kappa shape index (κ1) is 26.4. The summed E-state index contributed by atoms with van der Waals surface area (Å²) in [5.74, 6) is -0.178. The zero-order valence-corrected chi connectivity index (χ0v) is 23.6. The number of fused-ring (bicyclic) bond motifs is 3. The summed E-state index contributed by atoms with van der Waals surface area (Å²) in [4.78, 5) is 55.7. The van der Waals surface area contributed by atoms with Gasteiger partial charge in [-0.2, -0.15) is 5.10 Å². The second-order valence-corrected chi connectivity index (χ2v) is 11.9. The Bertz CT molecular complexity index is 1610. The summed E-state index contributed by atoms with van der Waals surface area (Å²) in [5, 5.41) is 9.84. The third-order valence-electron chi connectivity index (χ3n) is 9.41. The Morgan fingerprint density at radius 3 is 2.60 bits per heavy atom. The molecular weight excluding hydrogens is 532 g/mol. The van der Waals surface area contributed by atoms with Gasteiger partial charge in [0.25, 0.3) is 5.91 Å². The van der Waals surface area contributed by atoms with Crippen molar-refractivity contribution in [3.05, 3.63) is 77.1 Å². The van der Waals surface area contributed by atoms with E-state index in [1.807, 2.05) is 41.4 Å². The molecule has 7 rings (SSSR count). The minimum absolute atomic E-state index is 0.130. The molecule has 1 spiro atoms.